The molecule has 1 aliphatic heterocycles. The number of aromatic nitrogens is 2. The van der Waals surface area contributed by atoms with Gasteiger partial charge in [-0.2, -0.15) is 10.4 Å². The van der Waals surface area contributed by atoms with E-state index in [2.05, 4.69) is 44.2 Å². The maximum Gasteiger partial charge on any atom is 0.317 e. The van der Waals surface area contributed by atoms with Gasteiger partial charge in [0, 0.05) is 19.6 Å². The van der Waals surface area contributed by atoms with E-state index in [1.807, 2.05) is 9.58 Å². The van der Waals surface area contributed by atoms with Crippen molar-refractivity contribution in [2.75, 3.05) is 13.1 Å². The Balaban J connectivity index is 1.61. The van der Waals surface area contributed by atoms with Crippen LogP contribution < -0.4 is 5.32 Å². The smallest absolute Gasteiger partial charge is 0.317 e. The van der Waals surface area contributed by atoms with Gasteiger partial charge in [-0.05, 0) is 29.2 Å². The van der Waals surface area contributed by atoms with Gasteiger partial charge in [0.25, 0.3) is 0 Å². The Bertz CT molecular complexity index is 653. The first kappa shape index (κ1) is 15.9. The molecule has 3 rings (SSSR count). The summed E-state index contributed by atoms with van der Waals surface area (Å²) in [6.45, 7) is 11.7. The summed E-state index contributed by atoms with van der Waals surface area (Å²) in [5.41, 5.74) is 1.91. The molecule has 6 nitrogen and oxygen atoms in total. The lowest BCUT2D eigenvalue weighted by Crippen LogP contribution is -2.40. The molecule has 1 aromatic heterocycles. The first-order valence-corrected chi connectivity index (χ1v) is 8.27. The summed E-state index contributed by atoms with van der Waals surface area (Å²) in [6.07, 6.45) is 0.855. The molecule has 0 radical (unpaired) electrons. The predicted molar refractivity (Wildman–Crippen MR) is 86.4 cm³/mol. The van der Waals surface area contributed by atoms with Crippen molar-refractivity contribution in [3.8, 4) is 6.07 Å². The molecular weight excluding hydrogens is 290 g/mol. The van der Waals surface area contributed by atoms with E-state index < -0.39 is 0 Å². The standard InChI is InChI=1S/C17H25N5O/c1-16(2)14(17(16,3)4)10-19-15(23)21-6-5-7-22-13(11-21)8-12(9-18)20-22/h8,14H,5-7,10-11H2,1-4H3,(H,19,23). The molecule has 1 fully saturated rings. The molecule has 0 saturated heterocycles. The van der Waals surface area contributed by atoms with Crippen LogP contribution in [0.15, 0.2) is 6.07 Å². The first-order valence-electron chi connectivity index (χ1n) is 8.27. The fraction of sp³-hybridized carbons (Fsp3) is 0.706. The van der Waals surface area contributed by atoms with Crippen LogP contribution in [0.1, 0.15) is 45.5 Å². The van der Waals surface area contributed by atoms with Gasteiger partial charge in [-0.1, -0.05) is 27.7 Å². The minimum Gasteiger partial charge on any atom is -0.338 e. The van der Waals surface area contributed by atoms with Gasteiger partial charge in [0.05, 0.1) is 12.2 Å². The zero-order valence-corrected chi connectivity index (χ0v) is 14.4. The number of carbonyl (C=O) groups excluding carboxylic acids is 1. The number of rotatable bonds is 2. The van der Waals surface area contributed by atoms with Crippen molar-refractivity contribution in [3.05, 3.63) is 17.5 Å². The highest BCUT2D eigenvalue weighted by atomic mass is 16.2. The van der Waals surface area contributed by atoms with Crippen LogP contribution in [0.3, 0.4) is 0 Å². The van der Waals surface area contributed by atoms with Crippen LogP contribution in [0.5, 0.6) is 0 Å². The number of nitriles is 1. The van der Waals surface area contributed by atoms with E-state index in [9.17, 15) is 4.79 Å². The van der Waals surface area contributed by atoms with Crippen molar-refractivity contribution in [1.82, 2.24) is 20.0 Å². The van der Waals surface area contributed by atoms with E-state index in [1.54, 1.807) is 6.07 Å². The second kappa shape index (κ2) is 5.26. The quantitative estimate of drug-likeness (QED) is 0.910. The highest BCUT2D eigenvalue weighted by Crippen LogP contribution is 2.67. The Kier molecular flexibility index (Phi) is 3.62. The highest BCUT2D eigenvalue weighted by Gasteiger charge is 2.64. The van der Waals surface area contributed by atoms with Gasteiger partial charge < -0.3 is 10.2 Å². The normalized spacial score (nSPS) is 22.0. The SMILES string of the molecule is CC1(C)C(CNC(=O)N2CCCn3nc(C#N)cc3C2)C1(C)C. The Morgan fingerprint density at radius 3 is 2.70 bits per heavy atom. The molecule has 1 aliphatic carbocycles. The molecule has 2 heterocycles. The van der Waals surface area contributed by atoms with Gasteiger partial charge in [0.15, 0.2) is 5.69 Å². The average Bonchev–Trinajstić information content (AvgIpc) is 2.74. The van der Waals surface area contributed by atoms with Gasteiger partial charge in [-0.25, -0.2) is 4.79 Å². The number of urea groups is 1. The van der Waals surface area contributed by atoms with Gasteiger partial charge in [-0.3, -0.25) is 4.68 Å². The number of hydrogen-bond donors (Lipinski definition) is 1. The molecule has 0 spiro atoms. The van der Waals surface area contributed by atoms with Crippen molar-refractivity contribution in [1.29, 1.82) is 5.26 Å². The lowest BCUT2D eigenvalue weighted by molar-refractivity contribution is 0.195. The highest BCUT2D eigenvalue weighted by molar-refractivity contribution is 5.74. The van der Waals surface area contributed by atoms with Crippen LogP contribution in [0, 0.1) is 28.1 Å². The zero-order valence-electron chi connectivity index (χ0n) is 14.4. The number of nitrogens with zero attached hydrogens (tertiary/aromatic N) is 4. The third kappa shape index (κ3) is 2.58. The molecule has 1 saturated carbocycles. The molecule has 0 atom stereocenters. The Hall–Kier alpha value is -2.03. The number of aryl methyl sites for hydroxylation is 1. The molecule has 1 aromatic rings. The molecule has 0 aromatic carbocycles. The monoisotopic (exact) mass is 315 g/mol. The van der Waals surface area contributed by atoms with E-state index in [0.717, 1.165) is 25.2 Å². The Labute approximate surface area is 137 Å². The summed E-state index contributed by atoms with van der Waals surface area (Å²) in [4.78, 5) is 14.3. The zero-order chi connectivity index (χ0) is 16.8. The molecular formula is C17H25N5O. The minimum absolute atomic E-state index is 0.0170. The summed E-state index contributed by atoms with van der Waals surface area (Å²) in [5.74, 6) is 0.515. The van der Waals surface area contributed by atoms with Gasteiger partial charge >= 0.3 is 6.03 Å². The second-order valence-corrected chi connectivity index (χ2v) is 7.81. The lowest BCUT2D eigenvalue weighted by Gasteiger charge is -2.21. The summed E-state index contributed by atoms with van der Waals surface area (Å²) in [7, 11) is 0. The Morgan fingerprint density at radius 1 is 1.39 bits per heavy atom. The summed E-state index contributed by atoms with van der Waals surface area (Å²) in [6, 6.07) is 3.82. The van der Waals surface area contributed by atoms with Crippen molar-refractivity contribution in [2.24, 2.45) is 16.7 Å². The summed E-state index contributed by atoms with van der Waals surface area (Å²) in [5, 5.41) is 16.3. The fourth-order valence-corrected chi connectivity index (χ4v) is 3.83. The second-order valence-electron chi connectivity index (χ2n) is 7.81. The van der Waals surface area contributed by atoms with Crippen LogP contribution in [-0.4, -0.2) is 33.8 Å². The average molecular weight is 315 g/mol. The third-order valence-electron chi connectivity index (χ3n) is 6.19. The number of carbonyl (C=O) groups is 1. The van der Waals surface area contributed by atoms with Crippen molar-refractivity contribution < 1.29 is 4.79 Å². The third-order valence-corrected chi connectivity index (χ3v) is 6.19. The minimum atomic E-state index is -0.0170. The van der Waals surface area contributed by atoms with Gasteiger partial charge in [0.1, 0.15) is 6.07 Å². The van der Waals surface area contributed by atoms with Crippen molar-refractivity contribution >= 4 is 6.03 Å². The van der Waals surface area contributed by atoms with Crippen LogP contribution in [-0.2, 0) is 13.1 Å². The van der Waals surface area contributed by atoms with E-state index in [-0.39, 0.29) is 16.9 Å². The van der Waals surface area contributed by atoms with Crippen LogP contribution in [0.25, 0.3) is 0 Å². The molecule has 124 valence electrons. The summed E-state index contributed by atoms with van der Waals surface area (Å²) >= 11 is 0. The molecule has 1 N–H and O–H groups in total. The van der Waals surface area contributed by atoms with E-state index in [4.69, 9.17) is 5.26 Å². The topological polar surface area (TPSA) is 74.0 Å². The van der Waals surface area contributed by atoms with Crippen molar-refractivity contribution in [3.63, 3.8) is 0 Å². The van der Waals surface area contributed by atoms with E-state index in [0.29, 0.717) is 24.7 Å². The molecule has 6 heteroatoms. The first-order chi connectivity index (χ1) is 10.8. The van der Waals surface area contributed by atoms with Crippen LogP contribution >= 0.6 is 0 Å². The fourth-order valence-electron chi connectivity index (χ4n) is 3.83. The molecule has 23 heavy (non-hydrogen) atoms. The summed E-state index contributed by atoms with van der Waals surface area (Å²) < 4.78 is 1.85. The Morgan fingerprint density at radius 2 is 2.09 bits per heavy atom. The van der Waals surface area contributed by atoms with Gasteiger partial charge in [0.2, 0.25) is 0 Å². The number of nitrogens with one attached hydrogen (secondary N) is 1. The number of hydrogen-bond acceptors (Lipinski definition) is 3. The maximum absolute atomic E-state index is 12.5. The molecule has 2 amide bonds. The predicted octanol–water partition coefficient (Wildman–Crippen LogP) is 2.35. The largest absolute Gasteiger partial charge is 0.338 e. The molecule has 0 bridgehead atoms. The van der Waals surface area contributed by atoms with Gasteiger partial charge in [-0.15, -0.1) is 0 Å². The lowest BCUT2D eigenvalue weighted by atomic mass is 10.0. The maximum atomic E-state index is 12.5. The van der Waals surface area contributed by atoms with Crippen LogP contribution in [0.4, 0.5) is 4.79 Å². The molecule has 0 unspecified atom stereocenters. The molecule has 2 aliphatic rings. The number of amides is 2. The van der Waals surface area contributed by atoms with Crippen molar-refractivity contribution in [2.45, 2.75) is 47.2 Å². The van der Waals surface area contributed by atoms with E-state index in [1.165, 1.54) is 0 Å². The number of fused-ring (bicyclic) bond motifs is 1. The van der Waals surface area contributed by atoms with Crippen LogP contribution in [0.2, 0.25) is 0 Å². The van der Waals surface area contributed by atoms with E-state index >= 15 is 0 Å².